The van der Waals surface area contributed by atoms with E-state index in [1.165, 1.54) is 17.5 Å². The van der Waals surface area contributed by atoms with Gasteiger partial charge in [-0.3, -0.25) is 0 Å². The highest BCUT2D eigenvalue weighted by molar-refractivity contribution is 5.47. The van der Waals surface area contributed by atoms with Crippen LogP contribution in [0.15, 0.2) is 60.7 Å². The SMILES string of the molecule is CC(C)(C)[C@H]1CC1(c1ccccc1)c1ccccc1. The minimum Gasteiger partial charge on any atom is -0.0622 e. The lowest BCUT2D eigenvalue weighted by atomic mass is 9.78. The number of hydrogen-bond donors (Lipinski definition) is 0. The smallest absolute Gasteiger partial charge is 0.0239 e. The van der Waals surface area contributed by atoms with Gasteiger partial charge >= 0.3 is 0 Å². The average Bonchev–Trinajstić information content (AvgIpc) is 3.18. The minimum absolute atomic E-state index is 0.237. The van der Waals surface area contributed by atoms with E-state index >= 15 is 0 Å². The van der Waals surface area contributed by atoms with Crippen molar-refractivity contribution in [3.63, 3.8) is 0 Å². The molecule has 1 atom stereocenters. The Kier molecular flexibility index (Phi) is 2.78. The van der Waals surface area contributed by atoms with Crippen molar-refractivity contribution in [3.8, 4) is 0 Å². The Balaban J connectivity index is 2.10. The van der Waals surface area contributed by atoms with Crippen molar-refractivity contribution in [1.82, 2.24) is 0 Å². The van der Waals surface area contributed by atoms with E-state index in [0.29, 0.717) is 5.41 Å². The van der Waals surface area contributed by atoms with Crippen molar-refractivity contribution in [2.24, 2.45) is 11.3 Å². The van der Waals surface area contributed by atoms with Crippen LogP contribution in [0.25, 0.3) is 0 Å². The van der Waals surface area contributed by atoms with Gasteiger partial charge in [0.1, 0.15) is 0 Å². The summed E-state index contributed by atoms with van der Waals surface area (Å²) in [5.74, 6) is 0.727. The highest BCUT2D eigenvalue weighted by Crippen LogP contribution is 2.65. The second-order valence-electron chi connectivity index (χ2n) is 6.83. The van der Waals surface area contributed by atoms with Gasteiger partial charge in [-0.2, -0.15) is 0 Å². The highest BCUT2D eigenvalue weighted by atomic mass is 14.6. The zero-order chi connectivity index (χ0) is 13.5. The van der Waals surface area contributed by atoms with Gasteiger partial charge in [-0.1, -0.05) is 81.4 Å². The quantitative estimate of drug-likeness (QED) is 0.700. The van der Waals surface area contributed by atoms with Crippen LogP contribution in [0.3, 0.4) is 0 Å². The molecule has 0 saturated heterocycles. The van der Waals surface area contributed by atoms with Crippen LogP contribution in [0.4, 0.5) is 0 Å². The third-order valence-corrected chi connectivity index (χ3v) is 4.58. The third-order valence-electron chi connectivity index (χ3n) is 4.58. The van der Waals surface area contributed by atoms with E-state index in [-0.39, 0.29) is 5.41 Å². The summed E-state index contributed by atoms with van der Waals surface area (Å²) in [4.78, 5) is 0. The molecule has 1 saturated carbocycles. The first-order valence-corrected chi connectivity index (χ1v) is 7.16. The van der Waals surface area contributed by atoms with Crippen molar-refractivity contribution in [3.05, 3.63) is 71.8 Å². The van der Waals surface area contributed by atoms with E-state index in [4.69, 9.17) is 0 Å². The van der Waals surface area contributed by atoms with Crippen molar-refractivity contribution >= 4 is 0 Å². The summed E-state index contributed by atoms with van der Waals surface area (Å²) in [6.45, 7) is 7.10. The normalized spacial score (nSPS) is 21.1. The molecule has 1 fully saturated rings. The number of benzene rings is 2. The van der Waals surface area contributed by atoms with Gasteiger partial charge in [0.25, 0.3) is 0 Å². The zero-order valence-corrected chi connectivity index (χ0v) is 12.1. The fourth-order valence-corrected chi connectivity index (χ4v) is 3.58. The Morgan fingerprint density at radius 2 is 1.21 bits per heavy atom. The summed E-state index contributed by atoms with van der Waals surface area (Å²) >= 11 is 0. The molecule has 0 N–H and O–H groups in total. The van der Waals surface area contributed by atoms with E-state index in [0.717, 1.165) is 5.92 Å². The maximum Gasteiger partial charge on any atom is 0.0239 e. The molecule has 3 rings (SSSR count). The molecule has 0 bridgehead atoms. The third kappa shape index (κ3) is 2.00. The summed E-state index contributed by atoms with van der Waals surface area (Å²) in [5.41, 5.74) is 3.54. The minimum atomic E-state index is 0.237. The Morgan fingerprint density at radius 3 is 1.53 bits per heavy atom. The van der Waals surface area contributed by atoms with Crippen molar-refractivity contribution in [1.29, 1.82) is 0 Å². The van der Waals surface area contributed by atoms with E-state index in [9.17, 15) is 0 Å². The van der Waals surface area contributed by atoms with Gasteiger partial charge in [0.05, 0.1) is 0 Å². The average molecular weight is 250 g/mol. The van der Waals surface area contributed by atoms with Gasteiger partial charge in [0.2, 0.25) is 0 Å². The largest absolute Gasteiger partial charge is 0.0622 e. The monoisotopic (exact) mass is 250 g/mol. The fourth-order valence-electron chi connectivity index (χ4n) is 3.58. The molecule has 0 spiro atoms. The molecule has 2 aromatic rings. The summed E-state index contributed by atoms with van der Waals surface area (Å²) in [5, 5.41) is 0. The van der Waals surface area contributed by atoms with Crippen LogP contribution >= 0.6 is 0 Å². The predicted molar refractivity (Wildman–Crippen MR) is 81.2 cm³/mol. The fraction of sp³-hybridized carbons (Fsp3) is 0.368. The maximum absolute atomic E-state index is 2.37. The van der Waals surface area contributed by atoms with E-state index in [2.05, 4.69) is 81.4 Å². The summed E-state index contributed by atoms with van der Waals surface area (Å²) in [6, 6.07) is 22.0. The standard InChI is InChI=1S/C19H22/c1-18(2,3)17-14-19(17,15-10-6-4-7-11-15)16-12-8-5-9-13-16/h4-13,17H,14H2,1-3H3/t17-/m1/s1. The molecule has 2 aromatic carbocycles. The zero-order valence-electron chi connectivity index (χ0n) is 12.1. The van der Waals surface area contributed by atoms with Crippen LogP contribution in [-0.4, -0.2) is 0 Å². The highest BCUT2D eigenvalue weighted by Gasteiger charge is 2.60. The molecule has 0 heteroatoms. The Bertz CT molecular complexity index is 506. The predicted octanol–water partition coefficient (Wildman–Crippen LogP) is 5.04. The van der Waals surface area contributed by atoms with Crippen molar-refractivity contribution in [2.75, 3.05) is 0 Å². The second kappa shape index (κ2) is 4.23. The number of rotatable bonds is 2. The van der Waals surface area contributed by atoms with Gasteiger partial charge in [0, 0.05) is 5.41 Å². The molecule has 0 amide bonds. The van der Waals surface area contributed by atoms with Gasteiger partial charge in [-0.05, 0) is 28.9 Å². The Morgan fingerprint density at radius 1 is 0.789 bits per heavy atom. The molecule has 1 aliphatic carbocycles. The van der Waals surface area contributed by atoms with Crippen LogP contribution in [0.2, 0.25) is 0 Å². The summed E-state index contributed by atoms with van der Waals surface area (Å²) in [6.07, 6.45) is 1.27. The van der Waals surface area contributed by atoms with Gasteiger partial charge in [-0.25, -0.2) is 0 Å². The van der Waals surface area contributed by atoms with Crippen LogP contribution in [0.1, 0.15) is 38.3 Å². The topological polar surface area (TPSA) is 0 Å². The molecule has 0 heterocycles. The van der Waals surface area contributed by atoms with Crippen LogP contribution < -0.4 is 0 Å². The molecule has 0 nitrogen and oxygen atoms in total. The van der Waals surface area contributed by atoms with E-state index in [1.54, 1.807) is 0 Å². The number of hydrogen-bond acceptors (Lipinski definition) is 0. The molecule has 1 aliphatic rings. The lowest BCUT2D eigenvalue weighted by Gasteiger charge is -2.26. The van der Waals surface area contributed by atoms with Crippen LogP contribution in [0.5, 0.6) is 0 Å². The lowest BCUT2D eigenvalue weighted by molar-refractivity contribution is 0.327. The molecule has 0 aliphatic heterocycles. The van der Waals surface area contributed by atoms with Gasteiger partial charge in [-0.15, -0.1) is 0 Å². The first-order valence-electron chi connectivity index (χ1n) is 7.16. The van der Waals surface area contributed by atoms with E-state index < -0.39 is 0 Å². The van der Waals surface area contributed by atoms with Crippen LogP contribution in [0, 0.1) is 11.3 Å². The lowest BCUT2D eigenvalue weighted by Crippen LogP contribution is -2.20. The van der Waals surface area contributed by atoms with Gasteiger partial charge in [0.15, 0.2) is 0 Å². The maximum atomic E-state index is 2.37. The molecule has 0 radical (unpaired) electrons. The molecule has 0 unspecified atom stereocenters. The Labute approximate surface area is 116 Å². The molecular weight excluding hydrogens is 228 g/mol. The van der Waals surface area contributed by atoms with E-state index in [1.807, 2.05) is 0 Å². The molecule has 98 valence electrons. The summed E-state index contributed by atoms with van der Waals surface area (Å²) < 4.78 is 0. The molecule has 0 aromatic heterocycles. The van der Waals surface area contributed by atoms with Crippen molar-refractivity contribution < 1.29 is 0 Å². The Hall–Kier alpha value is -1.56. The first-order chi connectivity index (χ1) is 9.05. The molecular formula is C19H22. The summed E-state index contributed by atoms with van der Waals surface area (Å²) in [7, 11) is 0. The first kappa shape index (κ1) is 12.5. The van der Waals surface area contributed by atoms with Gasteiger partial charge < -0.3 is 0 Å². The second-order valence-corrected chi connectivity index (χ2v) is 6.83. The van der Waals surface area contributed by atoms with Crippen molar-refractivity contribution in [2.45, 2.75) is 32.6 Å². The van der Waals surface area contributed by atoms with Crippen LogP contribution in [-0.2, 0) is 5.41 Å². The molecule has 19 heavy (non-hydrogen) atoms.